The summed E-state index contributed by atoms with van der Waals surface area (Å²) in [6.45, 7) is 0. The molecule has 5 N–H and O–H groups in total. The van der Waals surface area contributed by atoms with Crippen molar-refractivity contribution in [1.29, 1.82) is 0 Å². The summed E-state index contributed by atoms with van der Waals surface area (Å²) in [6.07, 6.45) is 5.19. The molecule has 3 rings (SSSR count). The first-order valence-electron chi connectivity index (χ1n) is 9.37. The van der Waals surface area contributed by atoms with Gasteiger partial charge < -0.3 is 11.5 Å². The molecule has 0 aliphatic carbocycles. The molecule has 0 saturated heterocycles. The number of hydrogen-bond donors (Lipinski definition) is 3. The highest BCUT2D eigenvalue weighted by Crippen LogP contribution is 2.13. The Kier molecular flexibility index (Phi) is 6.26. The van der Waals surface area contributed by atoms with E-state index >= 15 is 0 Å². The lowest BCUT2D eigenvalue weighted by Crippen LogP contribution is -2.20. The summed E-state index contributed by atoms with van der Waals surface area (Å²) in [5.41, 5.74) is 16.2. The quantitative estimate of drug-likeness (QED) is 0.423. The van der Waals surface area contributed by atoms with Gasteiger partial charge in [0.15, 0.2) is 0 Å². The fourth-order valence-corrected chi connectivity index (χ4v) is 3.25. The van der Waals surface area contributed by atoms with Gasteiger partial charge in [0.1, 0.15) is 0 Å². The predicted octanol–water partition coefficient (Wildman–Crippen LogP) is 3.28. The minimum absolute atomic E-state index is 0.116. The van der Waals surface area contributed by atoms with E-state index in [-0.39, 0.29) is 11.5 Å². The minimum atomic E-state index is -0.116. The Hall–Kier alpha value is -3.08. The van der Waals surface area contributed by atoms with Crippen LogP contribution in [0.15, 0.2) is 59.4 Å². The molecule has 140 valence electrons. The van der Waals surface area contributed by atoms with Crippen LogP contribution in [-0.4, -0.2) is 9.97 Å². The second kappa shape index (κ2) is 9.03. The summed E-state index contributed by atoms with van der Waals surface area (Å²) >= 11 is 0. The smallest absolute Gasteiger partial charge is 0.255 e. The Morgan fingerprint density at radius 3 is 2.19 bits per heavy atom. The molecule has 0 aliphatic heterocycles. The first-order chi connectivity index (χ1) is 13.1. The van der Waals surface area contributed by atoms with E-state index < -0.39 is 0 Å². The Bertz CT molecular complexity index is 917. The van der Waals surface area contributed by atoms with Crippen molar-refractivity contribution in [2.45, 2.75) is 38.5 Å². The first-order valence-corrected chi connectivity index (χ1v) is 9.37. The van der Waals surface area contributed by atoms with Crippen LogP contribution in [0.5, 0.6) is 0 Å². The zero-order valence-corrected chi connectivity index (χ0v) is 15.4. The van der Waals surface area contributed by atoms with E-state index in [1.807, 2.05) is 30.3 Å². The summed E-state index contributed by atoms with van der Waals surface area (Å²) in [5, 5.41) is 0. The Balaban J connectivity index is 1.63. The van der Waals surface area contributed by atoms with Gasteiger partial charge in [-0.25, -0.2) is 4.98 Å². The largest absolute Gasteiger partial charge is 0.399 e. The lowest BCUT2D eigenvalue weighted by Gasteiger charge is -2.09. The molecule has 0 saturated carbocycles. The van der Waals surface area contributed by atoms with E-state index in [9.17, 15) is 4.79 Å². The van der Waals surface area contributed by atoms with Crippen molar-refractivity contribution < 1.29 is 0 Å². The molecule has 5 heteroatoms. The summed E-state index contributed by atoms with van der Waals surface area (Å²) in [6, 6.07) is 18.2. The van der Waals surface area contributed by atoms with Gasteiger partial charge >= 0.3 is 0 Å². The van der Waals surface area contributed by atoms with Crippen LogP contribution < -0.4 is 17.0 Å². The third-order valence-corrected chi connectivity index (χ3v) is 4.73. The van der Waals surface area contributed by atoms with Crippen molar-refractivity contribution in [3.05, 3.63) is 87.3 Å². The lowest BCUT2D eigenvalue weighted by atomic mass is 10.0. The topological polar surface area (TPSA) is 97.8 Å². The number of hydrogen-bond acceptors (Lipinski definition) is 4. The molecule has 0 radical (unpaired) electrons. The average Bonchev–Trinajstić information content (AvgIpc) is 2.67. The van der Waals surface area contributed by atoms with Crippen molar-refractivity contribution in [2.24, 2.45) is 0 Å². The van der Waals surface area contributed by atoms with Gasteiger partial charge in [-0.3, -0.25) is 9.78 Å². The van der Waals surface area contributed by atoms with Crippen LogP contribution in [0, 0.1) is 0 Å². The number of aryl methyl sites for hydroxylation is 3. The molecule has 5 nitrogen and oxygen atoms in total. The summed E-state index contributed by atoms with van der Waals surface area (Å²) in [4.78, 5) is 19.4. The molecule has 0 bridgehead atoms. The average molecular weight is 362 g/mol. The van der Waals surface area contributed by atoms with Crippen LogP contribution in [0.1, 0.15) is 35.2 Å². The van der Waals surface area contributed by atoms with Gasteiger partial charge in [-0.05, 0) is 61.8 Å². The van der Waals surface area contributed by atoms with Crippen LogP contribution >= 0.6 is 0 Å². The number of nitrogens with one attached hydrogen (secondary N) is 1. The van der Waals surface area contributed by atoms with Gasteiger partial charge in [-0.15, -0.1) is 0 Å². The second-order valence-corrected chi connectivity index (χ2v) is 6.81. The molecule has 0 fully saturated rings. The molecular formula is C22H26N4O. The SMILES string of the molecule is Nc1ccc(CCc2nc(N)[nH]c(=O)c2CCCCc2ccccc2)cc1. The van der Waals surface area contributed by atoms with E-state index in [2.05, 4.69) is 34.2 Å². The number of nitrogen functional groups attached to an aromatic ring is 2. The highest BCUT2D eigenvalue weighted by Gasteiger charge is 2.11. The molecule has 0 amide bonds. The highest BCUT2D eigenvalue weighted by atomic mass is 16.1. The lowest BCUT2D eigenvalue weighted by molar-refractivity contribution is 0.715. The van der Waals surface area contributed by atoms with Crippen molar-refractivity contribution in [1.82, 2.24) is 9.97 Å². The molecule has 0 atom stereocenters. The van der Waals surface area contributed by atoms with Crippen LogP contribution in [0.25, 0.3) is 0 Å². The standard InChI is InChI=1S/C22H26N4O/c23-18-13-10-17(11-14-18)12-15-20-19(21(27)26-22(24)25-20)9-5-4-8-16-6-2-1-3-7-16/h1-3,6-7,10-11,13-14H,4-5,8-9,12,15,23H2,(H3,24,25,26,27). The third-order valence-electron chi connectivity index (χ3n) is 4.73. The molecule has 0 spiro atoms. The van der Waals surface area contributed by atoms with E-state index in [0.717, 1.165) is 42.6 Å². The molecule has 2 aromatic carbocycles. The van der Waals surface area contributed by atoms with Crippen molar-refractivity contribution >= 4 is 11.6 Å². The first kappa shape index (κ1) is 18.7. The molecule has 1 heterocycles. The molecule has 27 heavy (non-hydrogen) atoms. The molecular weight excluding hydrogens is 336 g/mol. The van der Waals surface area contributed by atoms with Gasteiger partial charge in [0.2, 0.25) is 5.95 Å². The second-order valence-electron chi connectivity index (χ2n) is 6.81. The highest BCUT2D eigenvalue weighted by molar-refractivity contribution is 5.39. The van der Waals surface area contributed by atoms with Crippen LogP contribution in [0.4, 0.5) is 11.6 Å². The van der Waals surface area contributed by atoms with Crippen LogP contribution in [0.2, 0.25) is 0 Å². The van der Waals surface area contributed by atoms with E-state index in [1.54, 1.807) is 0 Å². The number of aromatic amines is 1. The summed E-state index contributed by atoms with van der Waals surface area (Å²) in [7, 11) is 0. The number of unbranched alkanes of at least 4 members (excludes halogenated alkanes) is 1. The minimum Gasteiger partial charge on any atom is -0.399 e. The Morgan fingerprint density at radius 2 is 1.44 bits per heavy atom. The molecule has 0 unspecified atom stereocenters. The number of H-pyrrole nitrogens is 1. The summed E-state index contributed by atoms with van der Waals surface area (Å²) < 4.78 is 0. The maximum absolute atomic E-state index is 12.4. The Labute approximate surface area is 159 Å². The van der Waals surface area contributed by atoms with E-state index in [4.69, 9.17) is 11.5 Å². The normalized spacial score (nSPS) is 10.8. The zero-order valence-electron chi connectivity index (χ0n) is 15.4. The third kappa shape index (κ3) is 5.45. The number of aromatic nitrogens is 2. The van der Waals surface area contributed by atoms with Gasteiger partial charge in [0, 0.05) is 11.3 Å². The fraction of sp³-hybridized carbons (Fsp3) is 0.273. The number of benzene rings is 2. The number of anilines is 2. The van der Waals surface area contributed by atoms with Crippen molar-refractivity contribution in [3.8, 4) is 0 Å². The van der Waals surface area contributed by atoms with E-state index in [0.29, 0.717) is 12.8 Å². The van der Waals surface area contributed by atoms with Gasteiger partial charge in [-0.1, -0.05) is 42.5 Å². The Morgan fingerprint density at radius 1 is 0.778 bits per heavy atom. The molecule has 1 aromatic heterocycles. The monoisotopic (exact) mass is 362 g/mol. The van der Waals surface area contributed by atoms with Gasteiger partial charge in [-0.2, -0.15) is 0 Å². The van der Waals surface area contributed by atoms with Crippen LogP contribution in [-0.2, 0) is 25.7 Å². The summed E-state index contributed by atoms with van der Waals surface area (Å²) in [5.74, 6) is 0.181. The molecule has 3 aromatic rings. The van der Waals surface area contributed by atoms with Gasteiger partial charge in [0.05, 0.1) is 5.69 Å². The maximum Gasteiger partial charge on any atom is 0.255 e. The number of nitrogens with zero attached hydrogens (tertiary/aromatic N) is 1. The number of nitrogens with two attached hydrogens (primary N) is 2. The van der Waals surface area contributed by atoms with Crippen LogP contribution in [0.3, 0.4) is 0 Å². The zero-order chi connectivity index (χ0) is 19.1. The van der Waals surface area contributed by atoms with Gasteiger partial charge in [0.25, 0.3) is 5.56 Å². The van der Waals surface area contributed by atoms with E-state index in [1.165, 1.54) is 11.1 Å². The number of rotatable bonds is 8. The maximum atomic E-state index is 12.4. The fourth-order valence-electron chi connectivity index (χ4n) is 3.25. The van der Waals surface area contributed by atoms with Crippen molar-refractivity contribution in [2.75, 3.05) is 11.5 Å². The molecule has 0 aliphatic rings. The van der Waals surface area contributed by atoms with Crippen molar-refractivity contribution in [3.63, 3.8) is 0 Å². The predicted molar refractivity (Wildman–Crippen MR) is 111 cm³/mol.